The molecular weight excluding hydrogens is 483 g/mol. The van der Waals surface area contributed by atoms with E-state index in [0.717, 1.165) is 45.4 Å². The van der Waals surface area contributed by atoms with Gasteiger partial charge in [0.05, 0.1) is 32.8 Å². The maximum absolute atomic E-state index is 12.0. The quantitative estimate of drug-likeness (QED) is 0.281. The summed E-state index contributed by atoms with van der Waals surface area (Å²) >= 11 is 0. The number of likely N-dealkylation sites (tertiary alicyclic amines) is 1. The van der Waals surface area contributed by atoms with Crippen LogP contribution in [0.2, 0.25) is 0 Å². The molecule has 0 aliphatic carbocycles. The van der Waals surface area contributed by atoms with Crippen molar-refractivity contribution in [2.45, 2.75) is 20.4 Å². The summed E-state index contributed by atoms with van der Waals surface area (Å²) in [6, 6.07) is 8.44. The van der Waals surface area contributed by atoms with Crippen LogP contribution in [0.15, 0.2) is 29.3 Å². The number of carbonyl (C=O) groups is 1. The number of morpholine rings is 1. The van der Waals surface area contributed by atoms with Crippen molar-refractivity contribution in [2.75, 3.05) is 57.9 Å². The van der Waals surface area contributed by atoms with Crippen LogP contribution >= 0.6 is 24.0 Å². The maximum Gasteiger partial charge on any atom is 0.310 e. The van der Waals surface area contributed by atoms with E-state index in [1.807, 2.05) is 0 Å². The average molecular weight is 516 g/mol. The van der Waals surface area contributed by atoms with Crippen LogP contribution < -0.4 is 10.2 Å². The summed E-state index contributed by atoms with van der Waals surface area (Å²) in [6.07, 6.45) is 0. The summed E-state index contributed by atoms with van der Waals surface area (Å²) in [5.41, 5.74) is 2.43. The first-order chi connectivity index (χ1) is 13.6. The normalized spacial score (nSPS) is 22.2. The number of esters is 1. The molecule has 2 aliphatic rings. The summed E-state index contributed by atoms with van der Waals surface area (Å²) in [5, 5.41) is 3.38. The Kier molecular flexibility index (Phi) is 9.48. The molecule has 2 fully saturated rings. The predicted molar refractivity (Wildman–Crippen MR) is 126 cm³/mol. The van der Waals surface area contributed by atoms with Gasteiger partial charge in [-0.15, -0.1) is 24.0 Å². The molecule has 8 heteroatoms. The van der Waals surface area contributed by atoms with Gasteiger partial charge in [-0.1, -0.05) is 25.1 Å². The van der Waals surface area contributed by atoms with Crippen molar-refractivity contribution in [3.8, 4) is 0 Å². The molecule has 1 aromatic rings. The third-order valence-corrected chi connectivity index (χ3v) is 5.49. The number of guanidine groups is 1. The van der Waals surface area contributed by atoms with Gasteiger partial charge in [0.15, 0.2) is 5.96 Å². The fourth-order valence-electron chi connectivity index (χ4n) is 3.94. The topological polar surface area (TPSA) is 66.4 Å². The number of para-hydroxylation sites is 1. The van der Waals surface area contributed by atoms with E-state index < -0.39 is 0 Å². The molecule has 1 N–H and O–H groups in total. The van der Waals surface area contributed by atoms with Crippen molar-refractivity contribution in [2.24, 2.45) is 16.8 Å². The van der Waals surface area contributed by atoms with Crippen molar-refractivity contribution in [3.63, 3.8) is 0 Å². The Bertz CT molecular complexity index is 694. The van der Waals surface area contributed by atoms with Crippen LogP contribution in [0.25, 0.3) is 0 Å². The smallest absolute Gasteiger partial charge is 0.310 e. The first-order valence-electron chi connectivity index (χ1n) is 10.2. The first-order valence-corrected chi connectivity index (χ1v) is 10.2. The van der Waals surface area contributed by atoms with E-state index in [9.17, 15) is 4.79 Å². The van der Waals surface area contributed by atoms with Gasteiger partial charge in [-0.3, -0.25) is 4.79 Å². The van der Waals surface area contributed by atoms with Crippen molar-refractivity contribution in [1.29, 1.82) is 0 Å². The van der Waals surface area contributed by atoms with Crippen LogP contribution in [-0.4, -0.2) is 69.9 Å². The molecule has 0 saturated carbocycles. The summed E-state index contributed by atoms with van der Waals surface area (Å²) < 4.78 is 10.4. The molecule has 2 aliphatic heterocycles. The zero-order valence-electron chi connectivity index (χ0n) is 17.6. The molecule has 0 aromatic heterocycles. The van der Waals surface area contributed by atoms with Gasteiger partial charge in [-0.2, -0.15) is 0 Å². The monoisotopic (exact) mass is 516 g/mol. The van der Waals surface area contributed by atoms with Gasteiger partial charge >= 0.3 is 5.97 Å². The molecule has 0 amide bonds. The van der Waals surface area contributed by atoms with E-state index in [-0.39, 0.29) is 41.8 Å². The molecule has 162 valence electrons. The molecule has 0 spiro atoms. The first kappa shape index (κ1) is 23.7. The van der Waals surface area contributed by atoms with Crippen molar-refractivity contribution < 1.29 is 14.3 Å². The number of aliphatic imine (C=N–C) groups is 1. The molecule has 3 rings (SSSR count). The Balaban J connectivity index is 0.00000300. The number of hydrogen-bond donors (Lipinski definition) is 1. The number of methoxy groups -OCH3 is 1. The number of hydrogen-bond acceptors (Lipinski definition) is 5. The molecule has 7 nitrogen and oxygen atoms in total. The Labute approximate surface area is 190 Å². The molecule has 29 heavy (non-hydrogen) atoms. The van der Waals surface area contributed by atoms with E-state index >= 15 is 0 Å². The Morgan fingerprint density at radius 3 is 2.69 bits per heavy atom. The number of rotatable bonds is 5. The molecule has 2 atom stereocenters. The second-order valence-corrected chi connectivity index (χ2v) is 7.41. The van der Waals surface area contributed by atoms with Gasteiger partial charge in [0.1, 0.15) is 0 Å². The number of ether oxygens (including phenoxy) is 2. The highest BCUT2D eigenvalue weighted by atomic mass is 127. The zero-order valence-corrected chi connectivity index (χ0v) is 19.9. The summed E-state index contributed by atoms with van der Waals surface area (Å²) in [4.78, 5) is 21.5. The molecule has 0 radical (unpaired) electrons. The highest BCUT2D eigenvalue weighted by molar-refractivity contribution is 14.0. The lowest BCUT2D eigenvalue weighted by molar-refractivity contribution is -0.145. The molecule has 2 unspecified atom stereocenters. The van der Waals surface area contributed by atoms with E-state index in [2.05, 4.69) is 53.2 Å². The number of nitrogens with zero attached hydrogens (tertiary/aromatic N) is 3. The fourth-order valence-corrected chi connectivity index (χ4v) is 3.94. The van der Waals surface area contributed by atoms with E-state index in [4.69, 9.17) is 14.5 Å². The minimum Gasteiger partial charge on any atom is -0.469 e. The van der Waals surface area contributed by atoms with Crippen LogP contribution in [0.1, 0.15) is 19.4 Å². The van der Waals surface area contributed by atoms with Gasteiger partial charge in [-0.25, -0.2) is 4.99 Å². The van der Waals surface area contributed by atoms with Crippen molar-refractivity contribution >= 4 is 41.6 Å². The number of carbonyl (C=O) groups excluding carboxylic acids is 1. The Hall–Kier alpha value is -1.55. The number of nitrogens with one attached hydrogen (secondary N) is 1. The second kappa shape index (κ2) is 11.6. The van der Waals surface area contributed by atoms with E-state index in [1.165, 1.54) is 18.4 Å². The standard InChI is InChI=1S/C21H32N4O3.HI/c1-4-22-21(25-14-16(2)18(15-25)20(26)27-3)23-13-17-7-5-6-8-19(17)24-9-11-28-12-10-24;/h5-8,16,18H,4,9-15H2,1-3H3,(H,22,23);1H. The molecule has 1 aromatic carbocycles. The van der Waals surface area contributed by atoms with Crippen molar-refractivity contribution in [3.05, 3.63) is 29.8 Å². The van der Waals surface area contributed by atoms with Crippen LogP contribution in [0.3, 0.4) is 0 Å². The lowest BCUT2D eigenvalue weighted by atomic mass is 9.99. The fraction of sp³-hybridized carbons (Fsp3) is 0.619. The second-order valence-electron chi connectivity index (χ2n) is 7.41. The average Bonchev–Trinajstić information content (AvgIpc) is 3.13. The molecule has 2 heterocycles. The maximum atomic E-state index is 12.0. The third-order valence-electron chi connectivity index (χ3n) is 5.49. The van der Waals surface area contributed by atoms with Crippen LogP contribution in [-0.2, 0) is 20.8 Å². The number of halogens is 1. The van der Waals surface area contributed by atoms with Gasteiger partial charge in [0, 0.05) is 38.4 Å². The van der Waals surface area contributed by atoms with Gasteiger partial charge in [0.25, 0.3) is 0 Å². The third kappa shape index (κ3) is 5.97. The number of anilines is 1. The minimum absolute atomic E-state index is 0. The summed E-state index contributed by atoms with van der Waals surface area (Å²) in [5.74, 6) is 0.868. The SMILES string of the molecule is CCNC(=NCc1ccccc1N1CCOCC1)N1CC(C)C(C(=O)OC)C1.I. The van der Waals surface area contributed by atoms with E-state index in [0.29, 0.717) is 13.1 Å². The minimum atomic E-state index is -0.136. The predicted octanol–water partition coefficient (Wildman–Crippen LogP) is 2.35. The van der Waals surface area contributed by atoms with Gasteiger partial charge in [0.2, 0.25) is 0 Å². The van der Waals surface area contributed by atoms with Gasteiger partial charge < -0.3 is 24.6 Å². The Morgan fingerprint density at radius 2 is 2.00 bits per heavy atom. The lowest BCUT2D eigenvalue weighted by Gasteiger charge is -2.30. The molecule has 2 saturated heterocycles. The van der Waals surface area contributed by atoms with Crippen LogP contribution in [0, 0.1) is 11.8 Å². The highest BCUT2D eigenvalue weighted by Gasteiger charge is 2.36. The van der Waals surface area contributed by atoms with Gasteiger partial charge in [-0.05, 0) is 24.5 Å². The lowest BCUT2D eigenvalue weighted by Crippen LogP contribution is -2.40. The van der Waals surface area contributed by atoms with Crippen LogP contribution in [0.5, 0.6) is 0 Å². The summed E-state index contributed by atoms with van der Waals surface area (Å²) in [6.45, 7) is 10.3. The molecular formula is C21H33IN4O3. The zero-order chi connectivity index (χ0) is 19.9. The van der Waals surface area contributed by atoms with Crippen LogP contribution in [0.4, 0.5) is 5.69 Å². The van der Waals surface area contributed by atoms with Crippen molar-refractivity contribution in [1.82, 2.24) is 10.2 Å². The molecule has 0 bridgehead atoms. The Morgan fingerprint density at radius 1 is 1.28 bits per heavy atom. The largest absolute Gasteiger partial charge is 0.469 e. The van der Waals surface area contributed by atoms with E-state index in [1.54, 1.807) is 0 Å². The highest BCUT2D eigenvalue weighted by Crippen LogP contribution is 2.25. The number of benzene rings is 1. The summed E-state index contributed by atoms with van der Waals surface area (Å²) in [7, 11) is 1.46.